The number of hydrogen-bond acceptors (Lipinski definition) is 2. The first-order valence-electron chi connectivity index (χ1n) is 20.8. The van der Waals surface area contributed by atoms with Crippen LogP contribution in [-0.4, -0.2) is 4.57 Å². The summed E-state index contributed by atoms with van der Waals surface area (Å²) < 4.78 is 8.90. The molecule has 0 saturated carbocycles. The lowest BCUT2D eigenvalue weighted by atomic mass is 9.94. The Morgan fingerprint density at radius 2 is 0.934 bits per heavy atom. The predicted molar refractivity (Wildman–Crippen MR) is 257 cm³/mol. The summed E-state index contributed by atoms with van der Waals surface area (Å²) in [6.45, 7) is 0. The molecule has 12 aromatic rings. The summed E-state index contributed by atoms with van der Waals surface area (Å²) in [6, 6.07) is 83.1. The van der Waals surface area contributed by atoms with Crippen LogP contribution in [0.3, 0.4) is 0 Å². The molecule has 0 amide bonds. The highest BCUT2D eigenvalue weighted by atomic mass is 16.3. The highest BCUT2D eigenvalue weighted by Gasteiger charge is 2.21. The number of para-hydroxylation sites is 4. The maximum atomic E-state index is 6.50. The summed E-state index contributed by atoms with van der Waals surface area (Å²) >= 11 is 0. The fourth-order valence-corrected chi connectivity index (χ4v) is 9.39. The van der Waals surface area contributed by atoms with Gasteiger partial charge in [-0.3, -0.25) is 0 Å². The minimum Gasteiger partial charge on any atom is -0.455 e. The zero-order chi connectivity index (χ0) is 40.3. The van der Waals surface area contributed by atoms with Crippen molar-refractivity contribution in [2.45, 2.75) is 0 Å². The molecule has 0 atom stereocenters. The molecule has 2 aromatic heterocycles. The molecule has 3 nitrogen and oxygen atoms in total. The van der Waals surface area contributed by atoms with Crippen LogP contribution in [-0.2, 0) is 0 Å². The second kappa shape index (κ2) is 14.3. The van der Waals surface area contributed by atoms with E-state index in [-0.39, 0.29) is 0 Å². The van der Waals surface area contributed by atoms with E-state index in [0.717, 1.165) is 72.5 Å². The molecule has 61 heavy (non-hydrogen) atoms. The van der Waals surface area contributed by atoms with Crippen LogP contribution in [0.4, 0.5) is 17.1 Å². The number of anilines is 3. The van der Waals surface area contributed by atoms with E-state index in [1.54, 1.807) is 0 Å². The fourth-order valence-electron chi connectivity index (χ4n) is 9.39. The summed E-state index contributed by atoms with van der Waals surface area (Å²) in [5, 5.41) is 7.18. The van der Waals surface area contributed by atoms with Crippen LogP contribution in [0.2, 0.25) is 0 Å². The van der Waals surface area contributed by atoms with Crippen LogP contribution >= 0.6 is 0 Å². The summed E-state index contributed by atoms with van der Waals surface area (Å²) in [5.41, 5.74) is 15.3. The number of hydrogen-bond donors (Lipinski definition) is 0. The molecule has 0 spiro atoms. The van der Waals surface area contributed by atoms with Crippen LogP contribution < -0.4 is 4.90 Å². The van der Waals surface area contributed by atoms with Gasteiger partial charge in [-0.25, -0.2) is 0 Å². The van der Waals surface area contributed by atoms with E-state index in [9.17, 15) is 0 Å². The van der Waals surface area contributed by atoms with Crippen LogP contribution in [0.5, 0.6) is 0 Å². The van der Waals surface area contributed by atoms with Gasteiger partial charge in [0.15, 0.2) is 0 Å². The molecule has 0 fully saturated rings. The van der Waals surface area contributed by atoms with Gasteiger partial charge in [0, 0.05) is 49.7 Å². The Morgan fingerprint density at radius 1 is 0.344 bits per heavy atom. The average molecular weight is 779 g/mol. The van der Waals surface area contributed by atoms with E-state index in [0.29, 0.717) is 0 Å². The molecule has 286 valence electrons. The van der Waals surface area contributed by atoms with Gasteiger partial charge in [-0.1, -0.05) is 176 Å². The highest BCUT2D eigenvalue weighted by molar-refractivity contribution is 6.10. The van der Waals surface area contributed by atoms with Gasteiger partial charge >= 0.3 is 0 Å². The molecule has 12 rings (SSSR count). The molecule has 0 saturated heterocycles. The number of fused-ring (bicyclic) bond motifs is 7. The lowest BCUT2D eigenvalue weighted by molar-refractivity contribution is 0.670. The molecule has 10 aromatic carbocycles. The second-order valence-electron chi connectivity index (χ2n) is 15.7. The Morgan fingerprint density at radius 3 is 1.74 bits per heavy atom. The van der Waals surface area contributed by atoms with Crippen LogP contribution in [0.25, 0.3) is 93.6 Å². The van der Waals surface area contributed by atoms with Crippen LogP contribution in [0, 0.1) is 0 Å². The maximum Gasteiger partial charge on any atom is 0.143 e. The number of nitrogens with zero attached hydrogens (tertiary/aromatic N) is 2. The number of benzene rings is 10. The molecule has 3 heteroatoms. The van der Waals surface area contributed by atoms with Gasteiger partial charge in [-0.05, 0) is 87.6 Å². The molecule has 0 aliphatic carbocycles. The monoisotopic (exact) mass is 778 g/mol. The van der Waals surface area contributed by atoms with Crippen molar-refractivity contribution < 1.29 is 4.42 Å². The van der Waals surface area contributed by atoms with E-state index in [2.05, 4.69) is 228 Å². The summed E-state index contributed by atoms with van der Waals surface area (Å²) in [4.78, 5) is 2.43. The maximum absolute atomic E-state index is 6.50. The minimum absolute atomic E-state index is 0.899. The zero-order valence-electron chi connectivity index (χ0n) is 33.2. The van der Waals surface area contributed by atoms with E-state index < -0.39 is 0 Å². The third-order valence-electron chi connectivity index (χ3n) is 12.2. The second-order valence-corrected chi connectivity index (χ2v) is 15.7. The van der Waals surface area contributed by atoms with Gasteiger partial charge in [0.2, 0.25) is 0 Å². The molecular weight excluding hydrogens is 741 g/mol. The Kier molecular flexibility index (Phi) is 8.17. The first kappa shape index (κ1) is 34.9. The van der Waals surface area contributed by atoms with E-state index in [1.807, 2.05) is 12.1 Å². The van der Waals surface area contributed by atoms with Crippen molar-refractivity contribution in [3.63, 3.8) is 0 Å². The first-order chi connectivity index (χ1) is 30.3. The van der Waals surface area contributed by atoms with Crippen molar-refractivity contribution in [2.24, 2.45) is 0 Å². The molecular formula is C58H38N2O. The van der Waals surface area contributed by atoms with Gasteiger partial charge in [-0.2, -0.15) is 0 Å². The quantitative estimate of drug-likeness (QED) is 0.161. The van der Waals surface area contributed by atoms with E-state index in [1.165, 1.54) is 38.1 Å². The number of furan rings is 1. The predicted octanol–water partition coefficient (Wildman–Crippen LogP) is 16.3. The highest BCUT2D eigenvalue weighted by Crippen LogP contribution is 2.45. The van der Waals surface area contributed by atoms with Gasteiger partial charge in [-0.15, -0.1) is 0 Å². The Hall–Kier alpha value is -8.14. The molecule has 0 radical (unpaired) electrons. The van der Waals surface area contributed by atoms with Crippen molar-refractivity contribution in [3.8, 4) is 39.1 Å². The van der Waals surface area contributed by atoms with Crippen molar-refractivity contribution in [2.75, 3.05) is 4.90 Å². The minimum atomic E-state index is 0.899. The van der Waals surface area contributed by atoms with Crippen LogP contribution in [0.1, 0.15) is 0 Å². The van der Waals surface area contributed by atoms with Crippen molar-refractivity contribution in [1.82, 2.24) is 4.57 Å². The van der Waals surface area contributed by atoms with Crippen molar-refractivity contribution in [1.29, 1.82) is 0 Å². The molecule has 0 N–H and O–H groups in total. The lowest BCUT2D eigenvalue weighted by Gasteiger charge is -2.29. The SMILES string of the molecule is c1ccc(-c2ccc(-c3cccc4ccccc34)cc2N(c2ccc(-c3cccc4c3oc3ccccc34)cc2)c2cccc(-n3c4ccccc4c4ccccc43)c2)cc1. The third-order valence-corrected chi connectivity index (χ3v) is 12.2. The normalized spacial score (nSPS) is 11.6. The van der Waals surface area contributed by atoms with Crippen molar-refractivity contribution in [3.05, 3.63) is 231 Å². The summed E-state index contributed by atoms with van der Waals surface area (Å²) in [6.07, 6.45) is 0. The first-order valence-corrected chi connectivity index (χ1v) is 20.8. The fraction of sp³-hybridized carbons (Fsp3) is 0. The van der Waals surface area contributed by atoms with Gasteiger partial charge in [0.1, 0.15) is 11.2 Å². The molecule has 0 aliphatic rings. The lowest BCUT2D eigenvalue weighted by Crippen LogP contribution is -2.12. The standard InChI is InChI=1S/C58H38N2O/c1-2-15-40(16-3-1)48-36-33-42(47-25-12-18-39-17-4-5-21-46(39)47)37-56(48)59(43-34-31-41(32-35-43)49-26-14-27-53-52-24-8-11-30-57(52)61-58(49)53)44-19-13-20-45(38-44)60-54-28-9-6-22-50(54)51-23-7-10-29-55(51)60/h1-38H. The van der Waals surface area contributed by atoms with E-state index >= 15 is 0 Å². The van der Waals surface area contributed by atoms with E-state index in [4.69, 9.17) is 4.42 Å². The largest absolute Gasteiger partial charge is 0.455 e. The molecule has 2 heterocycles. The summed E-state index contributed by atoms with van der Waals surface area (Å²) in [7, 11) is 0. The van der Waals surface area contributed by atoms with Crippen molar-refractivity contribution >= 4 is 71.6 Å². The average Bonchev–Trinajstić information content (AvgIpc) is 3.88. The Balaban J connectivity index is 1.09. The number of rotatable bonds is 7. The summed E-state index contributed by atoms with van der Waals surface area (Å²) in [5.74, 6) is 0. The zero-order valence-corrected chi connectivity index (χ0v) is 33.2. The number of aromatic nitrogens is 1. The molecule has 0 unspecified atom stereocenters. The van der Waals surface area contributed by atoms with Gasteiger partial charge in [0.25, 0.3) is 0 Å². The van der Waals surface area contributed by atoms with Gasteiger partial charge in [0.05, 0.1) is 16.7 Å². The molecule has 0 bridgehead atoms. The van der Waals surface area contributed by atoms with Crippen LogP contribution in [0.15, 0.2) is 235 Å². The smallest absolute Gasteiger partial charge is 0.143 e. The molecule has 0 aliphatic heterocycles. The third kappa shape index (κ3) is 5.82. The Labute approximate surface area is 353 Å². The Bertz CT molecular complexity index is 3540. The van der Waals surface area contributed by atoms with Gasteiger partial charge < -0.3 is 13.9 Å². The topological polar surface area (TPSA) is 21.3 Å².